The summed E-state index contributed by atoms with van der Waals surface area (Å²) in [4.78, 5) is 39.8. The summed E-state index contributed by atoms with van der Waals surface area (Å²) in [6.07, 6.45) is 2.48. The molecule has 0 aromatic heterocycles. The Morgan fingerprint density at radius 2 is 1.91 bits per heavy atom. The first kappa shape index (κ1) is 28.2. The van der Waals surface area contributed by atoms with Crippen molar-refractivity contribution in [1.82, 2.24) is 5.32 Å². The number of amides is 1. The average molecular weight is 473 g/mol. The Hall–Kier alpha value is -2.86. The lowest BCUT2D eigenvalue weighted by molar-refractivity contribution is -0.174. The number of carboxylic acids is 1. The number of guanidine groups is 1. The summed E-state index contributed by atoms with van der Waals surface area (Å²) in [7, 11) is 1.29. The second kappa shape index (κ2) is 14.3. The van der Waals surface area contributed by atoms with Crippen LogP contribution >= 0.6 is 0 Å². The number of hydrogen-bond acceptors (Lipinski definition) is 8. The number of aliphatic hydroxyl groups is 1. The largest absolute Gasteiger partial charge is 0.478 e. The standard InChI is InChI=1S/C21H36N4O8/c1-4-5-6-7-8-9-16(28)32-15(11-26)18(31-3)19-17(24-12(2)27)13(25-21(22)23)10-14(33-19)20(29)30/h10,13,15,17-19,26H,4-9,11H2,1-3H3,(H,24,27)(H,29,30)(H4,22,23,25)/t13?,15-,17?,18+,19?/m1/s1. The third kappa shape index (κ3) is 9.26. The van der Waals surface area contributed by atoms with E-state index in [4.69, 9.17) is 25.7 Å². The van der Waals surface area contributed by atoms with Crippen LogP contribution in [0.3, 0.4) is 0 Å². The lowest BCUT2D eigenvalue weighted by Crippen LogP contribution is -2.60. The first-order chi connectivity index (χ1) is 15.6. The van der Waals surface area contributed by atoms with Crippen LogP contribution in [-0.4, -0.2) is 78.1 Å². The number of esters is 1. The Morgan fingerprint density at radius 1 is 1.24 bits per heavy atom. The van der Waals surface area contributed by atoms with Crippen LogP contribution in [-0.2, 0) is 28.6 Å². The predicted molar refractivity (Wildman–Crippen MR) is 119 cm³/mol. The van der Waals surface area contributed by atoms with Crippen LogP contribution in [0.5, 0.6) is 0 Å². The van der Waals surface area contributed by atoms with E-state index < -0.39 is 60.6 Å². The highest BCUT2D eigenvalue weighted by Crippen LogP contribution is 2.27. The van der Waals surface area contributed by atoms with Gasteiger partial charge >= 0.3 is 11.9 Å². The van der Waals surface area contributed by atoms with Crippen molar-refractivity contribution in [3.05, 3.63) is 11.8 Å². The van der Waals surface area contributed by atoms with E-state index in [0.717, 1.165) is 31.8 Å². The van der Waals surface area contributed by atoms with Crippen molar-refractivity contribution in [2.75, 3.05) is 13.7 Å². The van der Waals surface area contributed by atoms with E-state index in [-0.39, 0.29) is 12.4 Å². The van der Waals surface area contributed by atoms with Gasteiger partial charge in [-0.1, -0.05) is 32.6 Å². The van der Waals surface area contributed by atoms with Crippen LogP contribution in [0.25, 0.3) is 0 Å². The summed E-state index contributed by atoms with van der Waals surface area (Å²) < 4.78 is 16.5. The van der Waals surface area contributed by atoms with Gasteiger partial charge < -0.3 is 41.2 Å². The molecule has 0 bridgehead atoms. The molecule has 0 radical (unpaired) electrons. The Bertz CT molecular complexity index is 723. The average Bonchev–Trinajstić information content (AvgIpc) is 2.74. The summed E-state index contributed by atoms with van der Waals surface area (Å²) in [5, 5.41) is 22.0. The molecule has 0 aromatic rings. The normalized spacial score (nSPS) is 21.7. The monoisotopic (exact) mass is 472 g/mol. The second-order valence-electron chi connectivity index (χ2n) is 7.76. The Morgan fingerprint density at radius 3 is 2.42 bits per heavy atom. The number of methoxy groups -OCH3 is 1. The van der Waals surface area contributed by atoms with E-state index in [1.165, 1.54) is 14.0 Å². The summed E-state index contributed by atoms with van der Waals surface area (Å²) in [5.41, 5.74) is 11.0. The number of unbranched alkanes of at least 4 members (excludes halogenated alkanes) is 4. The molecule has 1 aliphatic heterocycles. The van der Waals surface area contributed by atoms with Gasteiger partial charge in [0, 0.05) is 20.5 Å². The summed E-state index contributed by atoms with van der Waals surface area (Å²) in [6.45, 7) is 2.73. The lowest BCUT2D eigenvalue weighted by atomic mass is 9.92. The zero-order valence-corrected chi connectivity index (χ0v) is 19.4. The summed E-state index contributed by atoms with van der Waals surface area (Å²) in [6, 6.07) is -1.98. The third-order valence-corrected chi connectivity index (χ3v) is 5.10. The van der Waals surface area contributed by atoms with Crippen LogP contribution in [0.1, 0.15) is 52.4 Å². The quantitative estimate of drug-likeness (QED) is 0.0975. The zero-order chi connectivity index (χ0) is 25.0. The minimum atomic E-state index is -1.39. The number of aliphatic carboxylic acids is 1. The lowest BCUT2D eigenvalue weighted by Gasteiger charge is -2.40. The van der Waals surface area contributed by atoms with Crippen molar-refractivity contribution in [1.29, 1.82) is 0 Å². The molecule has 0 fully saturated rings. The summed E-state index contributed by atoms with van der Waals surface area (Å²) >= 11 is 0. The predicted octanol–water partition coefficient (Wildman–Crippen LogP) is -0.220. The van der Waals surface area contributed by atoms with E-state index in [1.54, 1.807) is 0 Å². The number of rotatable bonds is 14. The molecule has 1 rings (SSSR count). The fourth-order valence-electron chi connectivity index (χ4n) is 3.60. The number of carbonyl (C=O) groups excluding carboxylic acids is 2. The molecule has 3 unspecified atom stereocenters. The number of carbonyl (C=O) groups is 3. The first-order valence-electron chi connectivity index (χ1n) is 10.9. The molecule has 12 heteroatoms. The fraction of sp³-hybridized carbons (Fsp3) is 0.714. The molecule has 33 heavy (non-hydrogen) atoms. The number of hydrogen-bond donors (Lipinski definition) is 5. The van der Waals surface area contributed by atoms with Gasteiger partial charge in [-0.15, -0.1) is 0 Å². The molecule has 0 aromatic carbocycles. The van der Waals surface area contributed by atoms with E-state index in [1.807, 2.05) is 0 Å². The highest BCUT2D eigenvalue weighted by atomic mass is 16.6. The van der Waals surface area contributed by atoms with Crippen molar-refractivity contribution in [3.63, 3.8) is 0 Å². The van der Waals surface area contributed by atoms with Gasteiger partial charge in [0.1, 0.15) is 6.10 Å². The van der Waals surface area contributed by atoms with Crippen LogP contribution < -0.4 is 16.8 Å². The smallest absolute Gasteiger partial charge is 0.370 e. The third-order valence-electron chi connectivity index (χ3n) is 5.10. The van der Waals surface area contributed by atoms with Gasteiger partial charge in [-0.25, -0.2) is 9.79 Å². The molecule has 1 heterocycles. The molecule has 188 valence electrons. The van der Waals surface area contributed by atoms with Gasteiger partial charge in [-0.05, 0) is 12.5 Å². The SMILES string of the molecule is CCCCCCCC(=O)O[C@H](CO)[C@H](OC)C1OC(C(=O)O)=CC(N=C(N)N)C1NC(C)=O. The maximum absolute atomic E-state index is 12.3. The molecule has 0 spiro atoms. The van der Waals surface area contributed by atoms with Crippen molar-refractivity contribution >= 4 is 23.8 Å². The summed E-state index contributed by atoms with van der Waals surface area (Å²) in [5.74, 6) is -3.20. The molecule has 12 nitrogen and oxygen atoms in total. The van der Waals surface area contributed by atoms with Crippen molar-refractivity contribution in [3.8, 4) is 0 Å². The molecule has 0 aliphatic carbocycles. The number of aliphatic imine (C=N–C) groups is 1. The van der Waals surface area contributed by atoms with Crippen molar-refractivity contribution in [2.45, 2.75) is 82.8 Å². The minimum absolute atomic E-state index is 0.161. The number of carboxylic acid groups (broad SMARTS) is 1. The molecule has 5 atom stereocenters. The van der Waals surface area contributed by atoms with Crippen LogP contribution in [0.4, 0.5) is 0 Å². The van der Waals surface area contributed by atoms with Crippen molar-refractivity contribution in [2.24, 2.45) is 16.5 Å². The Kier molecular flexibility index (Phi) is 12.2. The molecule has 0 saturated carbocycles. The van der Waals surface area contributed by atoms with Gasteiger partial charge in [0.25, 0.3) is 0 Å². The maximum atomic E-state index is 12.3. The number of nitrogens with zero attached hydrogens (tertiary/aromatic N) is 1. The van der Waals surface area contributed by atoms with Gasteiger partial charge in [0.05, 0.1) is 18.7 Å². The number of aliphatic hydroxyl groups excluding tert-OH is 1. The van der Waals surface area contributed by atoms with Gasteiger partial charge in [0.15, 0.2) is 18.2 Å². The van der Waals surface area contributed by atoms with Crippen LogP contribution in [0, 0.1) is 0 Å². The molecule has 0 saturated heterocycles. The first-order valence-corrected chi connectivity index (χ1v) is 10.9. The Labute approximate surface area is 193 Å². The topological polar surface area (TPSA) is 196 Å². The van der Waals surface area contributed by atoms with E-state index in [0.29, 0.717) is 6.42 Å². The molecular weight excluding hydrogens is 436 g/mol. The number of nitrogens with two attached hydrogens (primary N) is 2. The Balaban J connectivity index is 3.12. The van der Waals surface area contributed by atoms with Gasteiger partial charge in [-0.3, -0.25) is 9.59 Å². The van der Waals surface area contributed by atoms with Crippen LogP contribution in [0.2, 0.25) is 0 Å². The second-order valence-corrected chi connectivity index (χ2v) is 7.76. The maximum Gasteiger partial charge on any atom is 0.370 e. The van der Waals surface area contributed by atoms with E-state index in [9.17, 15) is 24.6 Å². The van der Waals surface area contributed by atoms with E-state index in [2.05, 4.69) is 17.2 Å². The molecule has 1 amide bonds. The van der Waals surface area contributed by atoms with Gasteiger partial charge in [0.2, 0.25) is 11.7 Å². The zero-order valence-electron chi connectivity index (χ0n) is 19.4. The van der Waals surface area contributed by atoms with Crippen LogP contribution in [0.15, 0.2) is 16.8 Å². The van der Waals surface area contributed by atoms with Gasteiger partial charge in [-0.2, -0.15) is 0 Å². The minimum Gasteiger partial charge on any atom is -0.478 e. The molecule has 7 N–H and O–H groups in total. The highest BCUT2D eigenvalue weighted by Gasteiger charge is 2.46. The van der Waals surface area contributed by atoms with Crippen molar-refractivity contribution < 1.29 is 38.8 Å². The highest BCUT2D eigenvalue weighted by molar-refractivity contribution is 5.85. The molecule has 1 aliphatic rings. The molecular formula is C21H36N4O8. The number of ether oxygens (including phenoxy) is 3. The van der Waals surface area contributed by atoms with E-state index >= 15 is 0 Å². The number of nitrogens with one attached hydrogen (secondary N) is 1. The fourth-order valence-corrected chi connectivity index (χ4v) is 3.60.